The monoisotopic (exact) mass is 251 g/mol. The molecule has 0 atom stereocenters. The van der Waals surface area contributed by atoms with Crippen LogP contribution in [-0.2, 0) is 0 Å². The Balaban J connectivity index is 4.01. The summed E-state index contributed by atoms with van der Waals surface area (Å²) < 4.78 is 43.1. The van der Waals surface area contributed by atoms with E-state index >= 15 is 0 Å². The molecule has 0 amide bonds. The predicted molar refractivity (Wildman–Crippen MR) is 28.4 cm³/mol. The van der Waals surface area contributed by atoms with Gasteiger partial charge in [0.25, 0.3) is 0 Å². The summed E-state index contributed by atoms with van der Waals surface area (Å²) in [6.45, 7) is 0. The Hall–Kier alpha value is 0.519. The standard InChI is InChI=1S/C2HF4.2CH3.Sn/c3-1(4)2(5)6;;;/h1H;2*1H3;. The van der Waals surface area contributed by atoms with Gasteiger partial charge in [-0.25, -0.2) is 0 Å². The van der Waals surface area contributed by atoms with Gasteiger partial charge < -0.3 is 0 Å². The fourth-order valence-corrected chi connectivity index (χ4v) is 1.46. The van der Waals surface area contributed by atoms with Crippen LogP contribution in [0.2, 0.25) is 9.88 Å². The SMILES string of the molecule is [CH3][Sn]([CH3])[C](F)(F)C(F)F. The molecule has 0 heterocycles. The average Bonchev–Trinajstić information content (AvgIpc) is 1.65. The molecule has 0 bridgehead atoms. The van der Waals surface area contributed by atoms with Crippen LogP contribution < -0.4 is 0 Å². The van der Waals surface area contributed by atoms with Crippen molar-refractivity contribution in [3.05, 3.63) is 0 Å². The minimum atomic E-state index is -3.64. The van der Waals surface area contributed by atoms with Crippen molar-refractivity contribution in [1.29, 1.82) is 0 Å². The molecular weight excluding hydrogens is 243 g/mol. The quantitative estimate of drug-likeness (QED) is 0.520. The number of halogens is 4. The van der Waals surface area contributed by atoms with E-state index in [0.717, 1.165) is 0 Å². The molecule has 0 aliphatic carbocycles. The van der Waals surface area contributed by atoms with Crippen LogP contribution in [0.5, 0.6) is 0 Å². The second-order valence-corrected chi connectivity index (χ2v) is 9.53. The van der Waals surface area contributed by atoms with Crippen LogP contribution in [0.15, 0.2) is 0 Å². The van der Waals surface area contributed by atoms with Gasteiger partial charge in [0.2, 0.25) is 0 Å². The van der Waals surface area contributed by atoms with Crippen molar-refractivity contribution >= 4 is 19.8 Å². The summed E-state index contributed by atoms with van der Waals surface area (Å²) >= 11 is -3.03. The van der Waals surface area contributed by atoms with Crippen LogP contribution in [0.3, 0.4) is 0 Å². The molecule has 0 nitrogen and oxygen atoms in total. The zero-order valence-electron chi connectivity index (χ0n) is 5.09. The zero-order chi connectivity index (χ0) is 7.65. The Kier molecular flexibility index (Phi) is 3.25. The minimum absolute atomic E-state index is 1.26. The third-order valence-electron chi connectivity index (χ3n) is 0.941. The molecule has 1 radical (unpaired) electrons. The van der Waals surface area contributed by atoms with Crippen LogP contribution in [0.1, 0.15) is 0 Å². The van der Waals surface area contributed by atoms with Crippen LogP contribution in [0, 0.1) is 0 Å². The summed E-state index contributed by atoms with van der Waals surface area (Å²) in [6.07, 6.45) is -3.46. The molecule has 0 aromatic heterocycles. The molecule has 9 heavy (non-hydrogen) atoms. The van der Waals surface area contributed by atoms with E-state index in [1.54, 1.807) is 0 Å². The van der Waals surface area contributed by atoms with Crippen molar-refractivity contribution in [2.45, 2.75) is 20.2 Å². The fraction of sp³-hybridized carbons (Fsp3) is 1.00. The Morgan fingerprint density at radius 3 is 1.56 bits per heavy atom. The predicted octanol–water partition coefficient (Wildman–Crippen LogP) is 2.18. The Morgan fingerprint density at radius 2 is 1.56 bits per heavy atom. The van der Waals surface area contributed by atoms with Crippen LogP contribution >= 0.6 is 0 Å². The van der Waals surface area contributed by atoms with Gasteiger partial charge in [0.1, 0.15) is 0 Å². The second-order valence-electron chi connectivity index (χ2n) is 1.92. The molecule has 0 aromatic carbocycles. The summed E-state index contributed by atoms with van der Waals surface area (Å²) in [5.74, 6) is 0. The molecule has 0 saturated heterocycles. The van der Waals surface area contributed by atoms with Crippen molar-refractivity contribution in [2.24, 2.45) is 0 Å². The van der Waals surface area contributed by atoms with Gasteiger partial charge >= 0.3 is 57.6 Å². The van der Waals surface area contributed by atoms with Gasteiger partial charge in [-0.05, 0) is 0 Å². The summed E-state index contributed by atoms with van der Waals surface area (Å²) in [7, 11) is 0. The van der Waals surface area contributed by atoms with E-state index in [-0.39, 0.29) is 0 Å². The maximum absolute atomic E-state index is 12.0. The van der Waals surface area contributed by atoms with Gasteiger partial charge in [-0.1, -0.05) is 0 Å². The summed E-state index contributed by atoms with van der Waals surface area (Å²) in [5, 5.41) is 0. The van der Waals surface area contributed by atoms with Crippen molar-refractivity contribution in [3.8, 4) is 0 Å². The Morgan fingerprint density at radius 1 is 1.22 bits per heavy atom. The van der Waals surface area contributed by atoms with E-state index in [0.29, 0.717) is 0 Å². The van der Waals surface area contributed by atoms with Crippen molar-refractivity contribution in [3.63, 3.8) is 0 Å². The Labute approximate surface area is 58.0 Å². The van der Waals surface area contributed by atoms with Gasteiger partial charge in [0.05, 0.1) is 0 Å². The van der Waals surface area contributed by atoms with Crippen molar-refractivity contribution in [2.75, 3.05) is 0 Å². The van der Waals surface area contributed by atoms with Gasteiger partial charge in [-0.3, -0.25) is 0 Å². The third kappa shape index (κ3) is 2.31. The molecule has 0 aliphatic rings. The molecule has 0 rings (SSSR count). The molecule has 0 aromatic rings. The second kappa shape index (κ2) is 3.07. The normalized spacial score (nSPS) is 13.3. The van der Waals surface area contributed by atoms with E-state index in [1.165, 1.54) is 9.88 Å². The maximum atomic E-state index is 12.0. The van der Waals surface area contributed by atoms with Crippen LogP contribution in [-0.4, -0.2) is 30.1 Å². The first kappa shape index (κ1) is 9.52. The topological polar surface area (TPSA) is 0 Å². The van der Waals surface area contributed by atoms with E-state index in [2.05, 4.69) is 0 Å². The fourth-order valence-electron chi connectivity index (χ4n) is 0.218. The molecule has 0 N–H and O–H groups in total. The molecule has 0 unspecified atom stereocenters. The number of alkyl halides is 4. The summed E-state index contributed by atoms with van der Waals surface area (Å²) in [4.78, 5) is 2.52. The van der Waals surface area contributed by atoms with E-state index < -0.39 is 30.1 Å². The number of rotatable bonds is 2. The van der Waals surface area contributed by atoms with Gasteiger partial charge in [0.15, 0.2) is 0 Å². The third-order valence-corrected chi connectivity index (χ3v) is 5.37. The molecule has 55 valence electrons. The first-order chi connectivity index (χ1) is 3.89. The first-order valence-electron chi connectivity index (χ1n) is 2.35. The number of hydrogen-bond acceptors (Lipinski definition) is 0. The molecule has 5 heteroatoms. The average molecular weight is 250 g/mol. The van der Waals surface area contributed by atoms with Gasteiger partial charge in [0, 0.05) is 0 Å². The Bertz CT molecular complexity index is 80.6. The number of hydrogen-bond donors (Lipinski definition) is 0. The van der Waals surface area contributed by atoms with E-state index in [9.17, 15) is 17.6 Å². The van der Waals surface area contributed by atoms with Crippen LogP contribution in [0.4, 0.5) is 17.6 Å². The molecular formula is C4H7F4Sn. The molecule has 0 aliphatic heterocycles. The van der Waals surface area contributed by atoms with Crippen molar-refractivity contribution < 1.29 is 17.6 Å². The van der Waals surface area contributed by atoms with Gasteiger partial charge in [-0.15, -0.1) is 0 Å². The van der Waals surface area contributed by atoms with E-state index in [1.807, 2.05) is 0 Å². The van der Waals surface area contributed by atoms with Crippen molar-refractivity contribution in [1.82, 2.24) is 0 Å². The summed E-state index contributed by atoms with van der Waals surface area (Å²) in [6, 6.07) is 0. The first-order valence-corrected chi connectivity index (χ1v) is 9.49. The molecule has 0 saturated carbocycles. The molecule has 0 fully saturated rings. The molecule has 0 spiro atoms. The summed E-state index contributed by atoms with van der Waals surface area (Å²) in [5.41, 5.74) is 0. The van der Waals surface area contributed by atoms with Gasteiger partial charge in [-0.2, -0.15) is 0 Å². The van der Waals surface area contributed by atoms with Crippen LogP contribution in [0.25, 0.3) is 0 Å². The zero-order valence-corrected chi connectivity index (χ0v) is 7.94. The van der Waals surface area contributed by atoms with E-state index in [4.69, 9.17) is 0 Å².